The standard InChI is InChI=1S/C11H24N4/c1-2-13-10-4-3-5-14-11(10)15-8-6-12-7-9-15/h10-14H,2-9H2,1H3. The zero-order valence-corrected chi connectivity index (χ0v) is 9.76. The number of nitrogens with one attached hydrogen (secondary N) is 3. The lowest BCUT2D eigenvalue weighted by Gasteiger charge is -2.42. The SMILES string of the molecule is CCNC1CCCNC1N1CCNCC1. The third-order valence-electron chi connectivity index (χ3n) is 3.44. The number of piperazine rings is 1. The molecule has 2 saturated heterocycles. The molecular formula is C11H24N4. The zero-order chi connectivity index (χ0) is 10.5. The number of nitrogens with zero attached hydrogens (tertiary/aromatic N) is 1. The quantitative estimate of drug-likeness (QED) is 0.594. The lowest BCUT2D eigenvalue weighted by molar-refractivity contribution is 0.0923. The third-order valence-corrected chi connectivity index (χ3v) is 3.44. The summed E-state index contributed by atoms with van der Waals surface area (Å²) in [5, 5.41) is 10.7. The van der Waals surface area contributed by atoms with E-state index in [1.807, 2.05) is 0 Å². The van der Waals surface area contributed by atoms with Crippen molar-refractivity contribution in [1.29, 1.82) is 0 Å². The van der Waals surface area contributed by atoms with E-state index < -0.39 is 0 Å². The minimum atomic E-state index is 0.556. The van der Waals surface area contributed by atoms with Crippen LogP contribution in [0.15, 0.2) is 0 Å². The molecule has 0 aromatic heterocycles. The smallest absolute Gasteiger partial charge is 0.0756 e. The molecule has 2 aliphatic heterocycles. The highest BCUT2D eigenvalue weighted by molar-refractivity contribution is 4.88. The normalized spacial score (nSPS) is 34.2. The second kappa shape index (κ2) is 5.80. The Bertz CT molecular complexity index is 167. The first kappa shape index (κ1) is 11.3. The van der Waals surface area contributed by atoms with Gasteiger partial charge in [0.25, 0.3) is 0 Å². The van der Waals surface area contributed by atoms with Gasteiger partial charge in [-0.05, 0) is 25.9 Å². The molecule has 2 atom stereocenters. The molecule has 0 aromatic carbocycles. The van der Waals surface area contributed by atoms with Crippen LogP contribution in [-0.4, -0.2) is 56.4 Å². The van der Waals surface area contributed by atoms with Gasteiger partial charge in [-0.25, -0.2) is 0 Å². The predicted molar refractivity (Wildman–Crippen MR) is 62.9 cm³/mol. The lowest BCUT2D eigenvalue weighted by Crippen LogP contribution is -2.63. The highest BCUT2D eigenvalue weighted by Gasteiger charge is 2.29. The van der Waals surface area contributed by atoms with Crippen LogP contribution in [0.4, 0.5) is 0 Å². The van der Waals surface area contributed by atoms with Gasteiger partial charge in [0.15, 0.2) is 0 Å². The Morgan fingerprint density at radius 1 is 1.27 bits per heavy atom. The summed E-state index contributed by atoms with van der Waals surface area (Å²) in [5.41, 5.74) is 0. The zero-order valence-electron chi connectivity index (χ0n) is 9.76. The van der Waals surface area contributed by atoms with E-state index in [0.29, 0.717) is 12.2 Å². The van der Waals surface area contributed by atoms with Crippen LogP contribution in [-0.2, 0) is 0 Å². The molecule has 0 aromatic rings. The summed E-state index contributed by atoms with van der Waals surface area (Å²) in [4.78, 5) is 2.59. The number of likely N-dealkylation sites (N-methyl/N-ethyl adjacent to an activating group) is 1. The Morgan fingerprint density at radius 2 is 2.07 bits per heavy atom. The molecule has 3 N–H and O–H groups in total. The number of rotatable bonds is 3. The first-order chi connectivity index (χ1) is 7.42. The van der Waals surface area contributed by atoms with Crippen molar-refractivity contribution in [2.75, 3.05) is 39.3 Å². The van der Waals surface area contributed by atoms with Gasteiger partial charge in [0.1, 0.15) is 0 Å². The van der Waals surface area contributed by atoms with E-state index in [-0.39, 0.29) is 0 Å². The maximum Gasteiger partial charge on any atom is 0.0756 e. The Labute approximate surface area is 92.8 Å². The maximum absolute atomic E-state index is 3.66. The Hall–Kier alpha value is -0.160. The fourth-order valence-electron chi connectivity index (χ4n) is 2.69. The van der Waals surface area contributed by atoms with Crippen molar-refractivity contribution in [3.8, 4) is 0 Å². The van der Waals surface area contributed by atoms with Gasteiger partial charge in [-0.3, -0.25) is 4.90 Å². The van der Waals surface area contributed by atoms with E-state index in [0.717, 1.165) is 19.6 Å². The molecule has 15 heavy (non-hydrogen) atoms. The van der Waals surface area contributed by atoms with Crippen molar-refractivity contribution in [1.82, 2.24) is 20.9 Å². The number of hydrogen-bond acceptors (Lipinski definition) is 4. The molecule has 0 radical (unpaired) electrons. The fourth-order valence-corrected chi connectivity index (χ4v) is 2.69. The van der Waals surface area contributed by atoms with E-state index >= 15 is 0 Å². The van der Waals surface area contributed by atoms with Gasteiger partial charge in [0.2, 0.25) is 0 Å². The lowest BCUT2D eigenvalue weighted by atomic mass is 10.0. The van der Waals surface area contributed by atoms with Gasteiger partial charge < -0.3 is 16.0 Å². The number of piperidine rings is 1. The van der Waals surface area contributed by atoms with Gasteiger partial charge in [-0.2, -0.15) is 0 Å². The first-order valence-electron chi connectivity index (χ1n) is 6.33. The Kier molecular flexibility index (Phi) is 4.38. The molecular weight excluding hydrogens is 188 g/mol. The van der Waals surface area contributed by atoms with Gasteiger partial charge in [-0.1, -0.05) is 6.92 Å². The monoisotopic (exact) mass is 212 g/mol. The van der Waals surface area contributed by atoms with Crippen LogP contribution >= 0.6 is 0 Å². The Balaban J connectivity index is 1.90. The molecule has 0 spiro atoms. The van der Waals surface area contributed by atoms with Gasteiger partial charge >= 0.3 is 0 Å². The van der Waals surface area contributed by atoms with Gasteiger partial charge in [0.05, 0.1) is 6.17 Å². The average Bonchev–Trinajstić information content (AvgIpc) is 2.31. The fraction of sp³-hybridized carbons (Fsp3) is 1.00. The van der Waals surface area contributed by atoms with Crippen LogP contribution in [0.2, 0.25) is 0 Å². The summed E-state index contributed by atoms with van der Waals surface area (Å²) in [6.45, 7) is 9.09. The summed E-state index contributed by atoms with van der Waals surface area (Å²) in [6.07, 6.45) is 3.18. The van der Waals surface area contributed by atoms with Gasteiger partial charge in [0, 0.05) is 32.2 Å². The molecule has 0 amide bonds. The summed E-state index contributed by atoms with van der Waals surface area (Å²) in [6, 6.07) is 0.641. The summed E-state index contributed by atoms with van der Waals surface area (Å²) in [7, 11) is 0. The predicted octanol–water partition coefficient (Wildman–Crippen LogP) is -0.421. The van der Waals surface area contributed by atoms with E-state index in [1.165, 1.54) is 32.5 Å². The summed E-state index contributed by atoms with van der Waals surface area (Å²) >= 11 is 0. The van der Waals surface area contributed by atoms with Crippen LogP contribution in [0.1, 0.15) is 19.8 Å². The largest absolute Gasteiger partial charge is 0.314 e. The molecule has 2 heterocycles. The summed E-state index contributed by atoms with van der Waals surface area (Å²) < 4.78 is 0. The van der Waals surface area contributed by atoms with E-state index in [1.54, 1.807) is 0 Å². The van der Waals surface area contributed by atoms with Crippen molar-refractivity contribution >= 4 is 0 Å². The van der Waals surface area contributed by atoms with Gasteiger partial charge in [-0.15, -0.1) is 0 Å². The number of hydrogen-bond donors (Lipinski definition) is 3. The first-order valence-corrected chi connectivity index (χ1v) is 6.33. The minimum Gasteiger partial charge on any atom is -0.314 e. The molecule has 4 heteroatoms. The molecule has 2 rings (SSSR count). The molecule has 4 nitrogen and oxygen atoms in total. The molecule has 0 saturated carbocycles. The van der Waals surface area contributed by atoms with Crippen LogP contribution in [0, 0.1) is 0 Å². The minimum absolute atomic E-state index is 0.556. The van der Waals surface area contributed by atoms with E-state index in [2.05, 4.69) is 27.8 Å². The van der Waals surface area contributed by atoms with Crippen LogP contribution < -0.4 is 16.0 Å². The second-order valence-electron chi connectivity index (χ2n) is 4.49. The molecule has 2 fully saturated rings. The highest BCUT2D eigenvalue weighted by Crippen LogP contribution is 2.13. The van der Waals surface area contributed by atoms with Crippen LogP contribution in [0.3, 0.4) is 0 Å². The summed E-state index contributed by atoms with van der Waals surface area (Å²) in [5.74, 6) is 0. The highest BCUT2D eigenvalue weighted by atomic mass is 15.3. The topological polar surface area (TPSA) is 39.3 Å². The van der Waals surface area contributed by atoms with Crippen molar-refractivity contribution < 1.29 is 0 Å². The van der Waals surface area contributed by atoms with E-state index in [4.69, 9.17) is 0 Å². The van der Waals surface area contributed by atoms with Crippen LogP contribution in [0.25, 0.3) is 0 Å². The van der Waals surface area contributed by atoms with Crippen LogP contribution in [0.5, 0.6) is 0 Å². The maximum atomic E-state index is 3.66. The van der Waals surface area contributed by atoms with E-state index in [9.17, 15) is 0 Å². The molecule has 2 unspecified atom stereocenters. The van der Waals surface area contributed by atoms with Crippen molar-refractivity contribution in [3.05, 3.63) is 0 Å². The molecule has 88 valence electrons. The second-order valence-corrected chi connectivity index (χ2v) is 4.49. The molecule has 0 bridgehead atoms. The Morgan fingerprint density at radius 3 is 2.80 bits per heavy atom. The van der Waals surface area contributed by atoms with Crippen molar-refractivity contribution in [3.63, 3.8) is 0 Å². The third kappa shape index (κ3) is 2.91. The average molecular weight is 212 g/mol. The van der Waals surface area contributed by atoms with Crippen molar-refractivity contribution in [2.45, 2.75) is 32.0 Å². The van der Waals surface area contributed by atoms with Crippen molar-refractivity contribution in [2.24, 2.45) is 0 Å². The molecule has 0 aliphatic carbocycles. The molecule has 2 aliphatic rings.